The normalized spacial score (nSPS) is 10.9. The monoisotopic (exact) mass is 259 g/mol. The minimum absolute atomic E-state index is 0.649. The number of nitrogens with zero attached hydrogens (tertiary/aromatic N) is 1. The van der Waals surface area contributed by atoms with Gasteiger partial charge in [-0.05, 0) is 36.7 Å². The van der Waals surface area contributed by atoms with Crippen LogP contribution >= 0.6 is 0 Å². The molecule has 0 atom stereocenters. The number of ether oxygens (including phenoxy) is 1. The number of aromatic amines is 1. The number of hydrogen-bond donors (Lipinski definition) is 2. The number of nitrogens with one attached hydrogen (secondary N) is 2. The van der Waals surface area contributed by atoms with Gasteiger partial charge in [0.1, 0.15) is 5.75 Å². The Kier molecular flexibility index (Phi) is 4.58. The number of H-pyrrole nitrogens is 1. The van der Waals surface area contributed by atoms with Crippen molar-refractivity contribution in [2.45, 2.75) is 20.4 Å². The Morgan fingerprint density at radius 2 is 2.00 bits per heavy atom. The third kappa shape index (κ3) is 3.58. The van der Waals surface area contributed by atoms with Crippen LogP contribution in [0.15, 0.2) is 30.5 Å². The summed E-state index contributed by atoms with van der Waals surface area (Å²) >= 11 is 0. The lowest BCUT2D eigenvalue weighted by atomic mass is 10.1. The van der Waals surface area contributed by atoms with Crippen LogP contribution < -0.4 is 10.1 Å². The first-order valence-electron chi connectivity index (χ1n) is 6.58. The van der Waals surface area contributed by atoms with Crippen molar-refractivity contribution in [3.8, 4) is 17.0 Å². The Bertz CT molecular complexity index is 502. The van der Waals surface area contributed by atoms with Gasteiger partial charge >= 0.3 is 0 Å². The lowest BCUT2D eigenvalue weighted by Gasteiger charge is -2.08. The quantitative estimate of drug-likeness (QED) is 0.838. The van der Waals surface area contributed by atoms with Gasteiger partial charge in [-0.15, -0.1) is 0 Å². The lowest BCUT2D eigenvalue weighted by Crippen LogP contribution is -2.19. The smallest absolute Gasteiger partial charge is 0.118 e. The van der Waals surface area contributed by atoms with Gasteiger partial charge in [0.2, 0.25) is 0 Å². The van der Waals surface area contributed by atoms with Gasteiger partial charge < -0.3 is 10.1 Å². The molecule has 1 aromatic carbocycles. The van der Waals surface area contributed by atoms with Crippen molar-refractivity contribution >= 4 is 0 Å². The van der Waals surface area contributed by atoms with Crippen molar-refractivity contribution < 1.29 is 4.74 Å². The van der Waals surface area contributed by atoms with E-state index in [0.29, 0.717) is 5.92 Å². The van der Waals surface area contributed by atoms with Crippen molar-refractivity contribution in [3.05, 3.63) is 36.0 Å². The second-order valence-electron chi connectivity index (χ2n) is 5.02. The highest BCUT2D eigenvalue weighted by atomic mass is 16.5. The molecule has 2 rings (SSSR count). The molecule has 0 amide bonds. The molecule has 0 unspecified atom stereocenters. The number of hydrogen-bond acceptors (Lipinski definition) is 3. The Morgan fingerprint density at radius 3 is 2.63 bits per heavy atom. The second kappa shape index (κ2) is 6.38. The van der Waals surface area contributed by atoms with Gasteiger partial charge in [-0.25, -0.2) is 0 Å². The third-order valence-corrected chi connectivity index (χ3v) is 2.96. The summed E-state index contributed by atoms with van der Waals surface area (Å²) in [5.41, 5.74) is 3.38. The molecular weight excluding hydrogens is 238 g/mol. The highest BCUT2D eigenvalue weighted by molar-refractivity contribution is 5.63. The molecule has 2 aromatic rings. The summed E-state index contributed by atoms with van der Waals surface area (Å²) < 4.78 is 5.17. The maximum absolute atomic E-state index is 5.17. The highest BCUT2D eigenvalue weighted by Gasteiger charge is 2.07. The molecule has 2 N–H and O–H groups in total. The predicted octanol–water partition coefficient (Wildman–Crippen LogP) is 2.83. The van der Waals surface area contributed by atoms with Gasteiger partial charge in [0, 0.05) is 17.7 Å². The van der Waals surface area contributed by atoms with Crippen LogP contribution in [0.5, 0.6) is 5.75 Å². The number of benzene rings is 1. The maximum atomic E-state index is 5.17. The Labute approximate surface area is 114 Å². The summed E-state index contributed by atoms with van der Waals surface area (Å²) in [5, 5.41) is 10.6. The van der Waals surface area contributed by atoms with Crippen molar-refractivity contribution in [3.63, 3.8) is 0 Å². The molecule has 1 heterocycles. The first kappa shape index (κ1) is 13.6. The van der Waals surface area contributed by atoms with E-state index >= 15 is 0 Å². The fourth-order valence-electron chi connectivity index (χ4n) is 1.95. The summed E-state index contributed by atoms with van der Waals surface area (Å²) in [6.07, 6.45) is 1.88. The minimum Gasteiger partial charge on any atom is -0.497 e. The topological polar surface area (TPSA) is 49.9 Å². The Hall–Kier alpha value is -1.81. The number of aromatic nitrogens is 2. The Balaban J connectivity index is 2.09. The van der Waals surface area contributed by atoms with E-state index < -0.39 is 0 Å². The van der Waals surface area contributed by atoms with Crippen LogP contribution in [-0.2, 0) is 6.54 Å². The zero-order valence-corrected chi connectivity index (χ0v) is 11.7. The fourth-order valence-corrected chi connectivity index (χ4v) is 1.95. The number of rotatable bonds is 6. The molecular formula is C15H21N3O. The molecule has 0 aliphatic rings. The van der Waals surface area contributed by atoms with E-state index in [9.17, 15) is 0 Å². The molecule has 0 aliphatic heterocycles. The highest BCUT2D eigenvalue weighted by Crippen LogP contribution is 2.23. The molecule has 0 spiro atoms. The molecule has 0 aliphatic carbocycles. The molecule has 4 heteroatoms. The zero-order chi connectivity index (χ0) is 13.7. The van der Waals surface area contributed by atoms with Gasteiger partial charge in [-0.2, -0.15) is 5.10 Å². The van der Waals surface area contributed by atoms with Crippen LogP contribution in [0, 0.1) is 5.92 Å². The summed E-state index contributed by atoms with van der Waals surface area (Å²) in [7, 11) is 1.67. The van der Waals surface area contributed by atoms with E-state index in [1.165, 1.54) is 5.56 Å². The maximum Gasteiger partial charge on any atom is 0.118 e. The minimum atomic E-state index is 0.649. The molecule has 0 radical (unpaired) electrons. The average Bonchev–Trinajstić information content (AvgIpc) is 2.87. The summed E-state index contributed by atoms with van der Waals surface area (Å²) in [4.78, 5) is 0. The first-order chi connectivity index (χ1) is 9.20. The van der Waals surface area contributed by atoms with Gasteiger partial charge in [0.15, 0.2) is 0 Å². The van der Waals surface area contributed by atoms with E-state index in [0.717, 1.165) is 30.1 Å². The number of methoxy groups -OCH3 is 1. The standard InChI is InChI=1S/C15H21N3O/c1-11(2)8-16-9-13-10-17-18-15(13)12-4-6-14(19-3)7-5-12/h4-7,10-11,16H,8-9H2,1-3H3,(H,17,18). The van der Waals surface area contributed by atoms with E-state index in [2.05, 4.69) is 29.4 Å². The van der Waals surface area contributed by atoms with Crippen molar-refractivity contribution in [1.82, 2.24) is 15.5 Å². The van der Waals surface area contributed by atoms with Crippen LogP contribution in [0.4, 0.5) is 0 Å². The lowest BCUT2D eigenvalue weighted by molar-refractivity contribution is 0.415. The van der Waals surface area contributed by atoms with Crippen LogP contribution in [0.3, 0.4) is 0 Å². The van der Waals surface area contributed by atoms with Crippen molar-refractivity contribution in [1.29, 1.82) is 0 Å². The predicted molar refractivity (Wildman–Crippen MR) is 77.1 cm³/mol. The Morgan fingerprint density at radius 1 is 1.26 bits per heavy atom. The molecule has 4 nitrogen and oxygen atoms in total. The van der Waals surface area contributed by atoms with Crippen LogP contribution in [-0.4, -0.2) is 23.9 Å². The summed E-state index contributed by atoms with van der Waals surface area (Å²) in [5.74, 6) is 1.51. The molecule has 0 saturated carbocycles. The molecule has 0 bridgehead atoms. The first-order valence-corrected chi connectivity index (χ1v) is 6.58. The SMILES string of the molecule is COc1ccc(-c2[nH]ncc2CNCC(C)C)cc1. The van der Waals surface area contributed by atoms with E-state index in [1.54, 1.807) is 7.11 Å². The van der Waals surface area contributed by atoms with Gasteiger partial charge in [-0.3, -0.25) is 5.10 Å². The van der Waals surface area contributed by atoms with Gasteiger partial charge in [0.05, 0.1) is 19.0 Å². The summed E-state index contributed by atoms with van der Waals surface area (Å²) in [6.45, 7) is 6.24. The van der Waals surface area contributed by atoms with Gasteiger partial charge in [-0.1, -0.05) is 13.8 Å². The summed E-state index contributed by atoms with van der Waals surface area (Å²) in [6, 6.07) is 8.00. The van der Waals surface area contributed by atoms with E-state index in [1.807, 2.05) is 30.5 Å². The van der Waals surface area contributed by atoms with Crippen molar-refractivity contribution in [2.75, 3.05) is 13.7 Å². The van der Waals surface area contributed by atoms with Crippen LogP contribution in [0.1, 0.15) is 19.4 Å². The van der Waals surface area contributed by atoms with Crippen LogP contribution in [0.2, 0.25) is 0 Å². The molecule has 0 saturated heterocycles. The van der Waals surface area contributed by atoms with E-state index in [4.69, 9.17) is 4.74 Å². The largest absolute Gasteiger partial charge is 0.497 e. The van der Waals surface area contributed by atoms with Crippen LogP contribution in [0.25, 0.3) is 11.3 Å². The fraction of sp³-hybridized carbons (Fsp3) is 0.400. The molecule has 0 fully saturated rings. The molecule has 1 aromatic heterocycles. The van der Waals surface area contributed by atoms with Gasteiger partial charge in [0.25, 0.3) is 0 Å². The molecule has 102 valence electrons. The second-order valence-corrected chi connectivity index (χ2v) is 5.02. The van der Waals surface area contributed by atoms with Crippen molar-refractivity contribution in [2.24, 2.45) is 5.92 Å². The molecule has 19 heavy (non-hydrogen) atoms. The zero-order valence-electron chi connectivity index (χ0n) is 11.7. The average molecular weight is 259 g/mol. The van der Waals surface area contributed by atoms with E-state index in [-0.39, 0.29) is 0 Å². The third-order valence-electron chi connectivity index (χ3n) is 2.96.